The van der Waals surface area contributed by atoms with E-state index < -0.39 is 8.32 Å². The molecule has 0 N–H and O–H groups in total. The molecule has 1 aliphatic carbocycles. The van der Waals surface area contributed by atoms with Crippen LogP contribution in [0, 0.1) is 17.3 Å². The van der Waals surface area contributed by atoms with E-state index in [0.717, 1.165) is 12.7 Å². The van der Waals surface area contributed by atoms with Crippen molar-refractivity contribution in [2.75, 3.05) is 0 Å². The number of aldehydes is 1. The first kappa shape index (κ1) is 18.6. The molecule has 1 fully saturated rings. The van der Waals surface area contributed by atoms with Crippen molar-refractivity contribution in [2.24, 2.45) is 17.3 Å². The van der Waals surface area contributed by atoms with Gasteiger partial charge in [-0.1, -0.05) is 53.7 Å². The summed E-state index contributed by atoms with van der Waals surface area (Å²) in [6.07, 6.45) is 2.70. The lowest BCUT2D eigenvalue weighted by Gasteiger charge is -2.42. The Balaban J connectivity index is 3.09. The molecule has 21 heavy (non-hydrogen) atoms. The molecule has 0 aromatic rings. The zero-order valence-electron chi connectivity index (χ0n) is 15.2. The standard InChI is InChI=1S/C18H34O2Si/c1-13(2)15-12-16(18(7,10-11-19)14(15)3)20-21(8,9)17(4,5)6/h11,13,15-16H,3,10,12H2,1-2,4-9H3/t15-,16-,18-/m1/s1. The average Bonchev–Trinajstić information content (AvgIpc) is 2.53. The normalized spacial score (nSPS) is 31.0. The highest BCUT2D eigenvalue weighted by Gasteiger charge is 2.51. The minimum absolute atomic E-state index is 0.128. The maximum atomic E-state index is 11.2. The molecular formula is C18H34O2Si. The largest absolute Gasteiger partial charge is 0.413 e. The molecule has 0 radical (unpaired) electrons. The smallest absolute Gasteiger partial charge is 0.192 e. The summed E-state index contributed by atoms with van der Waals surface area (Å²) in [6.45, 7) is 22.4. The van der Waals surface area contributed by atoms with Crippen LogP contribution in [-0.2, 0) is 9.22 Å². The first-order valence-corrected chi connectivity index (χ1v) is 11.1. The fourth-order valence-electron chi connectivity index (χ4n) is 3.08. The highest BCUT2D eigenvalue weighted by Crippen LogP contribution is 2.53. The van der Waals surface area contributed by atoms with Crippen LogP contribution in [0.2, 0.25) is 18.1 Å². The van der Waals surface area contributed by atoms with Crippen LogP contribution in [0.4, 0.5) is 0 Å². The molecule has 3 atom stereocenters. The van der Waals surface area contributed by atoms with Crippen LogP contribution in [0.15, 0.2) is 12.2 Å². The number of rotatable bonds is 5. The van der Waals surface area contributed by atoms with Crippen molar-refractivity contribution in [1.82, 2.24) is 0 Å². The van der Waals surface area contributed by atoms with Gasteiger partial charge in [0.15, 0.2) is 8.32 Å². The molecule has 0 aromatic carbocycles. The van der Waals surface area contributed by atoms with E-state index in [1.54, 1.807) is 0 Å². The van der Waals surface area contributed by atoms with Gasteiger partial charge in [-0.3, -0.25) is 0 Å². The fraction of sp³-hybridized carbons (Fsp3) is 0.833. The average molecular weight is 311 g/mol. The minimum atomic E-state index is -1.84. The monoisotopic (exact) mass is 310 g/mol. The third-order valence-electron chi connectivity index (χ3n) is 5.91. The lowest BCUT2D eigenvalue weighted by Crippen LogP contribution is -2.47. The molecule has 0 saturated heterocycles. The molecule has 0 amide bonds. The quantitative estimate of drug-likeness (QED) is 0.396. The second kappa shape index (κ2) is 6.00. The third-order valence-corrected chi connectivity index (χ3v) is 10.4. The lowest BCUT2D eigenvalue weighted by atomic mass is 9.78. The summed E-state index contributed by atoms with van der Waals surface area (Å²) >= 11 is 0. The maximum absolute atomic E-state index is 11.2. The van der Waals surface area contributed by atoms with Crippen LogP contribution < -0.4 is 0 Å². The summed E-state index contributed by atoms with van der Waals surface area (Å²) in [7, 11) is -1.84. The fourth-order valence-corrected chi connectivity index (χ4v) is 4.51. The summed E-state index contributed by atoms with van der Waals surface area (Å²) in [5.41, 5.74) is 1.01. The first-order chi connectivity index (χ1) is 9.37. The number of carbonyl (C=O) groups excluding carboxylic acids is 1. The summed E-state index contributed by atoms with van der Waals surface area (Å²) < 4.78 is 6.70. The molecule has 3 heteroatoms. The Morgan fingerprint density at radius 3 is 2.33 bits per heavy atom. The maximum Gasteiger partial charge on any atom is 0.192 e. The van der Waals surface area contributed by atoms with E-state index >= 15 is 0 Å². The topological polar surface area (TPSA) is 26.3 Å². The molecule has 1 aliphatic rings. The summed E-state index contributed by atoms with van der Waals surface area (Å²) in [6, 6.07) is 0. The SMILES string of the molecule is C=C1[C@@H](C(C)C)C[C@@H](O[Si](C)(C)C(C)(C)C)[C@]1(C)CC=O. The molecule has 1 rings (SSSR count). The van der Waals surface area contributed by atoms with Crippen LogP contribution in [0.1, 0.15) is 54.4 Å². The van der Waals surface area contributed by atoms with Gasteiger partial charge in [0.1, 0.15) is 6.29 Å². The van der Waals surface area contributed by atoms with Gasteiger partial charge < -0.3 is 9.22 Å². The molecule has 122 valence electrons. The van der Waals surface area contributed by atoms with Gasteiger partial charge in [-0.25, -0.2) is 0 Å². The molecular weight excluding hydrogens is 276 g/mol. The molecule has 1 saturated carbocycles. The van der Waals surface area contributed by atoms with Crippen LogP contribution in [-0.4, -0.2) is 20.7 Å². The van der Waals surface area contributed by atoms with Crippen molar-refractivity contribution in [1.29, 1.82) is 0 Å². The Kier molecular flexibility index (Phi) is 5.32. The number of carbonyl (C=O) groups is 1. The molecule has 0 aromatic heterocycles. The van der Waals surface area contributed by atoms with Crippen molar-refractivity contribution >= 4 is 14.6 Å². The predicted molar refractivity (Wildman–Crippen MR) is 92.9 cm³/mol. The van der Waals surface area contributed by atoms with E-state index in [2.05, 4.69) is 61.2 Å². The van der Waals surface area contributed by atoms with Crippen LogP contribution >= 0.6 is 0 Å². The zero-order chi connectivity index (χ0) is 16.6. The van der Waals surface area contributed by atoms with Crippen LogP contribution in [0.25, 0.3) is 0 Å². The second-order valence-electron chi connectivity index (χ2n) is 8.77. The van der Waals surface area contributed by atoms with Crippen molar-refractivity contribution < 1.29 is 9.22 Å². The summed E-state index contributed by atoms with van der Waals surface area (Å²) in [5.74, 6) is 1.02. The van der Waals surface area contributed by atoms with Crippen molar-refractivity contribution in [3.8, 4) is 0 Å². The van der Waals surface area contributed by atoms with Gasteiger partial charge in [-0.2, -0.15) is 0 Å². The highest BCUT2D eigenvalue weighted by molar-refractivity contribution is 6.74. The van der Waals surface area contributed by atoms with E-state index in [1.165, 1.54) is 5.57 Å². The summed E-state index contributed by atoms with van der Waals surface area (Å²) in [4.78, 5) is 11.2. The Bertz CT molecular complexity index is 406. The molecule has 0 heterocycles. The Morgan fingerprint density at radius 1 is 1.43 bits per heavy atom. The van der Waals surface area contributed by atoms with Gasteiger partial charge in [-0.15, -0.1) is 0 Å². The van der Waals surface area contributed by atoms with Gasteiger partial charge in [0.2, 0.25) is 0 Å². The molecule has 2 nitrogen and oxygen atoms in total. The first-order valence-electron chi connectivity index (χ1n) is 8.17. The van der Waals surface area contributed by atoms with E-state index in [4.69, 9.17) is 4.43 Å². The molecule has 0 unspecified atom stereocenters. The lowest BCUT2D eigenvalue weighted by molar-refractivity contribution is -0.110. The van der Waals surface area contributed by atoms with E-state index in [0.29, 0.717) is 18.3 Å². The zero-order valence-corrected chi connectivity index (χ0v) is 16.2. The highest BCUT2D eigenvalue weighted by atomic mass is 28.4. The molecule has 0 aliphatic heterocycles. The number of hydrogen-bond donors (Lipinski definition) is 0. The van der Waals surface area contributed by atoms with Gasteiger partial charge in [0, 0.05) is 11.8 Å². The Hall–Kier alpha value is -0.413. The van der Waals surface area contributed by atoms with Crippen molar-refractivity contribution in [2.45, 2.75) is 78.6 Å². The molecule has 0 bridgehead atoms. The van der Waals surface area contributed by atoms with Crippen LogP contribution in [0.3, 0.4) is 0 Å². The minimum Gasteiger partial charge on any atom is -0.413 e. The van der Waals surface area contributed by atoms with E-state index in [-0.39, 0.29) is 16.6 Å². The molecule has 0 spiro atoms. The second-order valence-corrected chi connectivity index (χ2v) is 13.5. The summed E-state index contributed by atoms with van der Waals surface area (Å²) in [5, 5.41) is 0.187. The predicted octanol–water partition coefficient (Wildman–Crippen LogP) is 5.20. The van der Waals surface area contributed by atoms with Gasteiger partial charge in [0.25, 0.3) is 0 Å². The van der Waals surface area contributed by atoms with E-state index in [9.17, 15) is 4.79 Å². The van der Waals surface area contributed by atoms with E-state index in [1.807, 2.05) is 0 Å². The Morgan fingerprint density at radius 2 is 1.95 bits per heavy atom. The van der Waals surface area contributed by atoms with Crippen LogP contribution in [0.5, 0.6) is 0 Å². The van der Waals surface area contributed by atoms with Crippen molar-refractivity contribution in [3.63, 3.8) is 0 Å². The number of hydrogen-bond acceptors (Lipinski definition) is 2. The van der Waals surface area contributed by atoms with Crippen molar-refractivity contribution in [3.05, 3.63) is 12.2 Å². The van der Waals surface area contributed by atoms with Gasteiger partial charge in [0.05, 0.1) is 6.10 Å². The Labute approximate surface area is 132 Å². The van der Waals surface area contributed by atoms with Gasteiger partial charge in [-0.05, 0) is 36.4 Å². The van der Waals surface area contributed by atoms with Gasteiger partial charge >= 0.3 is 0 Å². The third kappa shape index (κ3) is 3.50.